The average Bonchev–Trinajstić information content (AvgIpc) is 3.11. The minimum atomic E-state index is -1.22. The first-order chi connectivity index (χ1) is 14.2. The number of para-hydroxylation sites is 1. The number of rotatable bonds is 7. The molecule has 0 fully saturated rings. The van der Waals surface area contributed by atoms with Gasteiger partial charge in [0.1, 0.15) is 18.3 Å². The number of aromatic nitrogens is 1. The van der Waals surface area contributed by atoms with Gasteiger partial charge in [-0.3, -0.25) is 9.59 Å². The van der Waals surface area contributed by atoms with Gasteiger partial charge in [-0.15, -0.1) is 11.3 Å². The number of thiazole rings is 1. The zero-order valence-corrected chi connectivity index (χ0v) is 16.9. The minimum Gasteiger partial charge on any atom is -0.536 e. The number of aliphatic carboxylic acids is 1. The number of nitrogens with zero attached hydrogens (tertiary/aromatic N) is 1. The van der Waals surface area contributed by atoms with Crippen molar-refractivity contribution in [3.05, 3.63) is 40.4 Å². The van der Waals surface area contributed by atoms with E-state index in [1.165, 1.54) is 0 Å². The number of fused-ring (bicyclic) bond motifs is 1. The van der Waals surface area contributed by atoms with Crippen molar-refractivity contribution in [1.29, 1.82) is 0 Å². The Hall–Kier alpha value is -3.12. The normalized spacial score (nSPS) is 16.2. The average molecular weight is 432 g/mol. The van der Waals surface area contributed by atoms with E-state index in [1.807, 2.05) is 25.1 Å². The Morgan fingerprint density at radius 2 is 2.20 bits per heavy atom. The van der Waals surface area contributed by atoms with E-state index in [2.05, 4.69) is 15.6 Å². The molecule has 12 heteroatoms. The number of benzene rings is 1. The number of nitrogens with two attached hydrogens (primary N) is 1. The van der Waals surface area contributed by atoms with E-state index in [4.69, 9.17) is 15.5 Å². The Balaban J connectivity index is 1.74. The number of hydrogen-bond donors (Lipinski definition) is 5. The van der Waals surface area contributed by atoms with Crippen LogP contribution in [0.1, 0.15) is 29.3 Å². The summed E-state index contributed by atoms with van der Waals surface area (Å²) in [6, 6.07) is 3.66. The largest absolute Gasteiger partial charge is 0.536 e. The van der Waals surface area contributed by atoms with Crippen molar-refractivity contribution in [2.24, 2.45) is 0 Å². The number of carbonyl (C=O) groups is 3. The van der Waals surface area contributed by atoms with Gasteiger partial charge in [0.15, 0.2) is 10.9 Å². The van der Waals surface area contributed by atoms with E-state index in [0.29, 0.717) is 12.2 Å². The van der Waals surface area contributed by atoms with Gasteiger partial charge in [-0.05, 0) is 24.5 Å². The fraction of sp³-hybridized carbons (Fsp3) is 0.333. The second-order valence-corrected chi connectivity index (χ2v) is 7.86. The SMILES string of the molecule is Cc1cccc2c1OB(O)[C@@H](CC(=O)C(NC(=O)NCC(=O)O)c1csc(N)n1)C2. The lowest BCUT2D eigenvalue weighted by Crippen LogP contribution is -2.44. The Morgan fingerprint density at radius 1 is 1.43 bits per heavy atom. The summed E-state index contributed by atoms with van der Waals surface area (Å²) in [5.74, 6) is -1.53. The molecule has 0 bridgehead atoms. The Morgan fingerprint density at radius 3 is 2.87 bits per heavy atom. The molecule has 0 aliphatic carbocycles. The standard InChI is InChI=1S/C18H21BN4O6S/c1-9-3-2-4-10-5-11(19(28)29-16(9)10)6-13(24)15(12-8-30-17(20)22-12)23-18(27)21-7-14(25)26/h2-4,8,11,15,28H,5-7H2,1H3,(H2,20,22)(H,25,26)(H2,21,23,27)/t11-,15?/m1/s1. The molecule has 1 aromatic heterocycles. The highest BCUT2D eigenvalue weighted by atomic mass is 32.1. The zero-order valence-electron chi connectivity index (χ0n) is 16.1. The van der Waals surface area contributed by atoms with Crippen LogP contribution in [-0.4, -0.2) is 46.6 Å². The molecule has 1 aliphatic heterocycles. The lowest BCUT2D eigenvalue weighted by atomic mass is 9.64. The van der Waals surface area contributed by atoms with Crippen molar-refractivity contribution >= 4 is 41.4 Å². The molecule has 2 atom stereocenters. The van der Waals surface area contributed by atoms with Gasteiger partial charge in [0, 0.05) is 17.6 Å². The van der Waals surface area contributed by atoms with Crippen LogP contribution in [-0.2, 0) is 16.0 Å². The summed E-state index contributed by atoms with van der Waals surface area (Å²) >= 11 is 1.11. The van der Waals surface area contributed by atoms with E-state index in [-0.39, 0.29) is 17.2 Å². The highest BCUT2D eigenvalue weighted by molar-refractivity contribution is 7.13. The van der Waals surface area contributed by atoms with Gasteiger partial charge in [0.2, 0.25) is 0 Å². The maximum absolute atomic E-state index is 13.0. The number of carbonyl (C=O) groups excluding carboxylic acids is 2. The number of hydrogen-bond acceptors (Lipinski definition) is 8. The number of amides is 2. The Kier molecular flexibility index (Phi) is 6.58. The summed E-state index contributed by atoms with van der Waals surface area (Å²) in [4.78, 5) is 39.8. The predicted octanol–water partition coefficient (Wildman–Crippen LogP) is 0.904. The zero-order chi connectivity index (χ0) is 21.8. The van der Waals surface area contributed by atoms with Crippen LogP contribution in [0.5, 0.6) is 5.75 Å². The van der Waals surface area contributed by atoms with Crippen molar-refractivity contribution in [3.8, 4) is 5.75 Å². The van der Waals surface area contributed by atoms with Gasteiger partial charge in [0.05, 0.1) is 5.69 Å². The first-order valence-electron chi connectivity index (χ1n) is 9.17. The fourth-order valence-corrected chi connectivity index (χ4v) is 3.87. The van der Waals surface area contributed by atoms with E-state index in [0.717, 1.165) is 22.5 Å². The molecule has 6 N–H and O–H groups in total. The molecule has 0 saturated heterocycles. The first kappa shape index (κ1) is 21.6. The van der Waals surface area contributed by atoms with Gasteiger partial charge in [-0.2, -0.15) is 0 Å². The first-order valence-corrected chi connectivity index (χ1v) is 10.1. The molecule has 0 radical (unpaired) electrons. The summed E-state index contributed by atoms with van der Waals surface area (Å²) in [5.41, 5.74) is 7.68. The molecule has 1 unspecified atom stereocenters. The number of ketones is 1. The summed E-state index contributed by atoms with van der Waals surface area (Å²) in [7, 11) is -1.18. The van der Waals surface area contributed by atoms with Crippen molar-refractivity contribution in [1.82, 2.24) is 15.6 Å². The van der Waals surface area contributed by atoms with Crippen molar-refractivity contribution in [3.63, 3.8) is 0 Å². The lowest BCUT2D eigenvalue weighted by Gasteiger charge is -2.29. The summed E-state index contributed by atoms with van der Waals surface area (Å²) in [6.45, 7) is 1.27. The topological polar surface area (TPSA) is 164 Å². The van der Waals surface area contributed by atoms with E-state index >= 15 is 0 Å². The number of anilines is 1. The van der Waals surface area contributed by atoms with Gasteiger partial charge in [-0.1, -0.05) is 18.2 Å². The van der Waals surface area contributed by atoms with Crippen molar-refractivity contribution in [2.75, 3.05) is 12.3 Å². The highest BCUT2D eigenvalue weighted by Crippen LogP contribution is 2.36. The molecule has 30 heavy (non-hydrogen) atoms. The third-order valence-corrected chi connectivity index (χ3v) is 5.41. The smallest absolute Gasteiger partial charge is 0.526 e. The summed E-state index contributed by atoms with van der Waals surface area (Å²) in [5, 5.41) is 25.4. The van der Waals surface area contributed by atoms with Crippen LogP contribution < -0.4 is 21.0 Å². The van der Waals surface area contributed by atoms with E-state index in [9.17, 15) is 19.4 Å². The second-order valence-electron chi connectivity index (χ2n) is 6.97. The van der Waals surface area contributed by atoms with Crippen molar-refractivity contribution in [2.45, 2.75) is 31.6 Å². The van der Waals surface area contributed by atoms with Gasteiger partial charge in [0.25, 0.3) is 0 Å². The molecule has 0 spiro atoms. The second kappa shape index (κ2) is 9.14. The third kappa shape index (κ3) is 5.08. The predicted molar refractivity (Wildman–Crippen MR) is 110 cm³/mol. The van der Waals surface area contributed by atoms with Gasteiger partial charge in [-0.25, -0.2) is 9.78 Å². The van der Waals surface area contributed by atoms with Crippen molar-refractivity contribution < 1.29 is 29.2 Å². The number of urea groups is 1. The number of nitrogens with one attached hydrogen (secondary N) is 2. The number of nitrogen functional groups attached to an aromatic ring is 1. The van der Waals surface area contributed by atoms with Gasteiger partial charge < -0.3 is 31.2 Å². The molecule has 158 valence electrons. The van der Waals surface area contributed by atoms with Gasteiger partial charge >= 0.3 is 19.1 Å². The maximum Gasteiger partial charge on any atom is 0.526 e. The molecular formula is C18H21BN4O6S. The van der Waals surface area contributed by atoms with Crippen LogP contribution in [0, 0.1) is 6.92 Å². The third-order valence-electron chi connectivity index (χ3n) is 4.71. The number of aryl methyl sites for hydroxylation is 1. The maximum atomic E-state index is 13.0. The summed E-state index contributed by atoms with van der Waals surface area (Å²) in [6.07, 6.45) is 0.344. The molecule has 2 aromatic rings. The Bertz CT molecular complexity index is 968. The fourth-order valence-electron chi connectivity index (χ4n) is 3.28. The molecule has 0 saturated carbocycles. The molecule has 2 amide bonds. The molecule has 3 rings (SSSR count). The molecular weight excluding hydrogens is 411 g/mol. The lowest BCUT2D eigenvalue weighted by molar-refractivity contribution is -0.135. The van der Waals surface area contributed by atoms with E-state index in [1.54, 1.807) is 5.38 Å². The summed E-state index contributed by atoms with van der Waals surface area (Å²) < 4.78 is 5.62. The van der Waals surface area contributed by atoms with Crippen LogP contribution in [0.2, 0.25) is 5.82 Å². The van der Waals surface area contributed by atoms with Crippen LogP contribution in [0.4, 0.5) is 9.93 Å². The molecule has 1 aromatic carbocycles. The number of carboxylic acid groups (broad SMARTS) is 1. The van der Waals surface area contributed by atoms with Crippen LogP contribution in [0.25, 0.3) is 0 Å². The molecule has 2 heterocycles. The molecule has 1 aliphatic rings. The number of carboxylic acids is 1. The minimum absolute atomic E-state index is 0.0874. The highest BCUT2D eigenvalue weighted by Gasteiger charge is 2.38. The quantitative estimate of drug-likeness (QED) is 0.403. The van der Waals surface area contributed by atoms with E-state index < -0.39 is 43.3 Å². The van der Waals surface area contributed by atoms with Crippen LogP contribution in [0.15, 0.2) is 23.6 Å². The molecule has 10 nitrogen and oxygen atoms in total. The van der Waals surface area contributed by atoms with Crippen LogP contribution >= 0.6 is 11.3 Å². The Labute approximate surface area is 176 Å². The van der Waals surface area contributed by atoms with Crippen LogP contribution in [0.3, 0.4) is 0 Å². The monoisotopic (exact) mass is 432 g/mol. The number of Topliss-reactive ketones (excluding diaryl/α,β-unsaturated/α-hetero) is 1.